The molecule has 5 heteroatoms. The van der Waals surface area contributed by atoms with E-state index in [9.17, 15) is 13.2 Å². The largest absolute Gasteiger partial charge is 0.492 e. The van der Waals surface area contributed by atoms with E-state index in [0.717, 1.165) is 19.3 Å². The number of ether oxygens (including phenoxy) is 1. The van der Waals surface area contributed by atoms with E-state index in [0.29, 0.717) is 5.75 Å². The van der Waals surface area contributed by atoms with Crippen LogP contribution in [0.15, 0.2) is 18.2 Å². The summed E-state index contributed by atoms with van der Waals surface area (Å²) in [6.07, 6.45) is -1.11. The molecule has 0 aliphatic heterocycles. The number of alkyl halides is 4. The molecular weight excluding hydrogens is 297 g/mol. The molecule has 0 fully saturated rings. The van der Waals surface area contributed by atoms with Crippen molar-refractivity contribution in [2.75, 3.05) is 6.61 Å². The molecule has 0 aromatic heterocycles. The number of halogens is 4. The molecule has 0 spiro atoms. The standard InChI is InChI=1S/C12H12BrF3O/c13-11(12(14,15)16)7-17-10-5-4-8-2-1-3-9(8)6-10/h4-6,11H,1-3,7H2. The first-order valence-electron chi connectivity index (χ1n) is 5.42. The summed E-state index contributed by atoms with van der Waals surface area (Å²) in [7, 11) is 0. The molecule has 0 bridgehead atoms. The van der Waals surface area contributed by atoms with Crippen LogP contribution in [-0.2, 0) is 12.8 Å². The highest BCUT2D eigenvalue weighted by atomic mass is 79.9. The lowest BCUT2D eigenvalue weighted by atomic mass is 10.1. The lowest BCUT2D eigenvalue weighted by Crippen LogP contribution is -2.28. The smallest absolute Gasteiger partial charge is 0.404 e. The van der Waals surface area contributed by atoms with E-state index < -0.39 is 17.6 Å². The maximum Gasteiger partial charge on any atom is 0.404 e. The van der Waals surface area contributed by atoms with Gasteiger partial charge in [-0.15, -0.1) is 0 Å². The Hall–Kier alpha value is -0.710. The SMILES string of the molecule is FC(F)(F)C(Br)COc1ccc2c(c1)CCC2. The monoisotopic (exact) mass is 308 g/mol. The van der Waals surface area contributed by atoms with Gasteiger partial charge < -0.3 is 4.74 Å². The van der Waals surface area contributed by atoms with Crippen LogP contribution in [0.4, 0.5) is 13.2 Å². The van der Waals surface area contributed by atoms with Crippen LogP contribution in [0, 0.1) is 0 Å². The summed E-state index contributed by atoms with van der Waals surface area (Å²) in [6, 6.07) is 5.52. The second-order valence-corrected chi connectivity index (χ2v) is 5.21. The highest BCUT2D eigenvalue weighted by molar-refractivity contribution is 9.09. The predicted octanol–water partition coefficient (Wildman–Crippen LogP) is 3.88. The van der Waals surface area contributed by atoms with Gasteiger partial charge in [0.1, 0.15) is 17.2 Å². The van der Waals surface area contributed by atoms with Crippen molar-refractivity contribution in [2.45, 2.75) is 30.3 Å². The summed E-state index contributed by atoms with van der Waals surface area (Å²) in [5.41, 5.74) is 2.48. The van der Waals surface area contributed by atoms with E-state index in [1.165, 1.54) is 11.1 Å². The summed E-state index contributed by atoms with van der Waals surface area (Å²) in [5.74, 6) is 0.513. The Bertz CT molecular complexity index is 403. The fourth-order valence-corrected chi connectivity index (χ4v) is 2.03. The molecule has 0 N–H and O–H groups in total. The predicted molar refractivity (Wildman–Crippen MR) is 62.7 cm³/mol. The van der Waals surface area contributed by atoms with Gasteiger partial charge in [-0.3, -0.25) is 0 Å². The topological polar surface area (TPSA) is 9.23 Å². The zero-order valence-corrected chi connectivity index (χ0v) is 10.6. The molecule has 0 heterocycles. The highest BCUT2D eigenvalue weighted by Gasteiger charge is 2.38. The molecule has 94 valence electrons. The minimum absolute atomic E-state index is 0.401. The fourth-order valence-electron chi connectivity index (χ4n) is 1.90. The Morgan fingerprint density at radius 2 is 1.94 bits per heavy atom. The van der Waals surface area contributed by atoms with Crippen LogP contribution in [-0.4, -0.2) is 17.6 Å². The number of hydrogen-bond donors (Lipinski definition) is 0. The van der Waals surface area contributed by atoms with Crippen LogP contribution in [0.25, 0.3) is 0 Å². The molecule has 1 nitrogen and oxygen atoms in total. The van der Waals surface area contributed by atoms with Crippen molar-refractivity contribution >= 4 is 15.9 Å². The van der Waals surface area contributed by atoms with Gasteiger partial charge >= 0.3 is 6.18 Å². The molecule has 0 radical (unpaired) electrons. The Balaban J connectivity index is 1.96. The molecular formula is C12H12BrF3O. The quantitative estimate of drug-likeness (QED) is 0.770. The summed E-state index contributed by atoms with van der Waals surface area (Å²) in [4.78, 5) is -1.62. The van der Waals surface area contributed by atoms with Crippen molar-refractivity contribution in [3.8, 4) is 5.75 Å². The zero-order valence-electron chi connectivity index (χ0n) is 9.06. The third kappa shape index (κ3) is 3.15. The van der Waals surface area contributed by atoms with Crippen LogP contribution >= 0.6 is 15.9 Å². The average molecular weight is 309 g/mol. The highest BCUT2D eigenvalue weighted by Crippen LogP contribution is 2.29. The van der Waals surface area contributed by atoms with Gasteiger partial charge in [0.05, 0.1) is 0 Å². The van der Waals surface area contributed by atoms with Crippen LogP contribution in [0.3, 0.4) is 0 Å². The molecule has 2 rings (SSSR count). The van der Waals surface area contributed by atoms with Gasteiger partial charge in [-0.1, -0.05) is 22.0 Å². The van der Waals surface area contributed by atoms with Crippen molar-refractivity contribution in [3.63, 3.8) is 0 Å². The summed E-state index contributed by atoms with van der Waals surface area (Å²) >= 11 is 2.57. The lowest BCUT2D eigenvalue weighted by molar-refractivity contribution is -0.132. The second-order valence-electron chi connectivity index (χ2n) is 4.10. The first-order chi connectivity index (χ1) is 7.97. The van der Waals surface area contributed by atoms with Crippen molar-refractivity contribution in [1.29, 1.82) is 0 Å². The summed E-state index contributed by atoms with van der Waals surface area (Å²) in [6.45, 7) is -0.401. The molecule has 1 aromatic rings. The van der Waals surface area contributed by atoms with E-state index in [1.54, 1.807) is 6.07 Å². The zero-order chi connectivity index (χ0) is 12.5. The normalized spacial score (nSPS) is 16.7. The molecule has 17 heavy (non-hydrogen) atoms. The molecule has 1 aromatic carbocycles. The molecule has 1 atom stereocenters. The van der Waals surface area contributed by atoms with Crippen LogP contribution in [0.1, 0.15) is 17.5 Å². The van der Waals surface area contributed by atoms with Gasteiger partial charge in [-0.25, -0.2) is 0 Å². The van der Waals surface area contributed by atoms with E-state index in [1.807, 2.05) is 12.1 Å². The minimum atomic E-state index is -4.27. The maximum absolute atomic E-state index is 12.2. The number of rotatable bonds is 3. The third-order valence-electron chi connectivity index (χ3n) is 2.82. The van der Waals surface area contributed by atoms with Gasteiger partial charge in [0.25, 0.3) is 0 Å². The molecule has 0 saturated heterocycles. The molecule has 1 aliphatic carbocycles. The average Bonchev–Trinajstić information content (AvgIpc) is 2.71. The Morgan fingerprint density at radius 3 is 2.65 bits per heavy atom. The van der Waals surface area contributed by atoms with E-state index in [-0.39, 0.29) is 0 Å². The summed E-state index contributed by atoms with van der Waals surface area (Å²) in [5, 5.41) is 0. The number of hydrogen-bond acceptors (Lipinski definition) is 1. The van der Waals surface area contributed by atoms with E-state index in [2.05, 4.69) is 15.9 Å². The van der Waals surface area contributed by atoms with Gasteiger partial charge in [-0.2, -0.15) is 13.2 Å². The Morgan fingerprint density at radius 1 is 1.24 bits per heavy atom. The molecule has 1 aliphatic rings. The fraction of sp³-hybridized carbons (Fsp3) is 0.500. The van der Waals surface area contributed by atoms with Crippen molar-refractivity contribution in [2.24, 2.45) is 0 Å². The van der Waals surface area contributed by atoms with Crippen LogP contribution < -0.4 is 4.74 Å². The van der Waals surface area contributed by atoms with Crippen LogP contribution in [0.2, 0.25) is 0 Å². The molecule has 0 saturated carbocycles. The van der Waals surface area contributed by atoms with Crippen LogP contribution in [0.5, 0.6) is 5.75 Å². The molecule has 0 amide bonds. The third-order valence-corrected chi connectivity index (χ3v) is 3.60. The van der Waals surface area contributed by atoms with Crippen molar-refractivity contribution in [1.82, 2.24) is 0 Å². The van der Waals surface area contributed by atoms with E-state index in [4.69, 9.17) is 4.74 Å². The Kier molecular flexibility index (Phi) is 3.66. The van der Waals surface area contributed by atoms with Crippen molar-refractivity contribution < 1.29 is 17.9 Å². The lowest BCUT2D eigenvalue weighted by Gasteiger charge is -2.15. The van der Waals surface area contributed by atoms with Gasteiger partial charge in [0, 0.05) is 0 Å². The first kappa shape index (κ1) is 12.7. The maximum atomic E-state index is 12.2. The van der Waals surface area contributed by atoms with Gasteiger partial charge in [-0.05, 0) is 42.5 Å². The number of fused-ring (bicyclic) bond motifs is 1. The number of benzene rings is 1. The van der Waals surface area contributed by atoms with Gasteiger partial charge in [0.2, 0.25) is 0 Å². The van der Waals surface area contributed by atoms with Crippen molar-refractivity contribution in [3.05, 3.63) is 29.3 Å². The Labute approximate surface area is 106 Å². The second kappa shape index (κ2) is 4.88. The molecule has 1 unspecified atom stereocenters. The van der Waals surface area contributed by atoms with Gasteiger partial charge in [0.15, 0.2) is 0 Å². The minimum Gasteiger partial charge on any atom is -0.492 e. The number of aryl methyl sites for hydroxylation is 2. The summed E-state index contributed by atoms with van der Waals surface area (Å²) < 4.78 is 41.9. The van der Waals surface area contributed by atoms with E-state index >= 15 is 0 Å². The first-order valence-corrected chi connectivity index (χ1v) is 6.34.